The highest BCUT2D eigenvalue weighted by atomic mass is 35.5. The SMILES string of the molecule is CCc1c(N2CCN(C(=O)c3ncnc(C)c3O)CC2)c(=O)n2nc(-c3ccc4nonc4c3)nc2n1CC(=O)Nc1ccc(C(F)(F)F)cc1Cl. The Labute approximate surface area is 295 Å². The minimum atomic E-state index is -4.63. The average Bonchev–Trinajstić information content (AvgIpc) is 3.79. The number of nitrogens with one attached hydrogen (secondary N) is 1. The summed E-state index contributed by atoms with van der Waals surface area (Å²) in [5.41, 5.74) is 0.613. The van der Waals surface area contributed by atoms with Crippen molar-refractivity contribution in [3.8, 4) is 17.1 Å². The molecule has 1 aliphatic rings. The van der Waals surface area contributed by atoms with Crippen molar-refractivity contribution in [2.45, 2.75) is 33.0 Å². The lowest BCUT2D eigenvalue weighted by Gasteiger charge is -2.36. The smallest absolute Gasteiger partial charge is 0.416 e. The van der Waals surface area contributed by atoms with Crippen LogP contribution in [0.15, 0.2) is 52.1 Å². The van der Waals surface area contributed by atoms with Crippen LogP contribution in [0.3, 0.4) is 0 Å². The van der Waals surface area contributed by atoms with Gasteiger partial charge in [-0.15, -0.1) is 5.10 Å². The molecule has 16 nitrogen and oxygen atoms in total. The van der Waals surface area contributed by atoms with Gasteiger partial charge in [0.25, 0.3) is 11.5 Å². The minimum absolute atomic E-state index is 0.0241. The maximum absolute atomic E-state index is 14.3. The lowest BCUT2D eigenvalue weighted by molar-refractivity contribution is -0.137. The molecule has 6 aromatic rings. The van der Waals surface area contributed by atoms with Crippen molar-refractivity contribution in [1.82, 2.24) is 44.3 Å². The number of halogens is 4. The molecule has 1 fully saturated rings. The molecule has 2 N–H and O–H groups in total. The molecular formula is C32H27ClF3N11O5. The molecule has 2 amide bonds. The third kappa shape index (κ3) is 6.22. The van der Waals surface area contributed by atoms with Crippen LogP contribution in [0, 0.1) is 6.92 Å². The largest absolute Gasteiger partial charge is 0.504 e. The van der Waals surface area contributed by atoms with E-state index >= 15 is 0 Å². The molecule has 0 atom stereocenters. The van der Waals surface area contributed by atoms with Crippen molar-refractivity contribution in [3.63, 3.8) is 0 Å². The van der Waals surface area contributed by atoms with Gasteiger partial charge in [-0.2, -0.15) is 22.7 Å². The monoisotopic (exact) mass is 737 g/mol. The standard InChI is InChI=1S/C32H27ClF3N11O5/c1-3-23-26(44-8-10-45(11-9-44)29(50)25-27(49)16(2)37-15-38-25)30(51)47-31(40-28(41-47)17-4-6-21-22(12-17)43-52-42-21)46(23)14-24(48)39-20-7-5-18(13-19(20)33)32(34,35)36/h4-7,12-13,15,49H,3,8-11,14H2,1-2H3,(H,39,48). The van der Waals surface area contributed by atoms with Gasteiger partial charge in [0.15, 0.2) is 17.3 Å². The Bertz CT molecular complexity index is 2440. The fraction of sp³-hybridized carbons (Fsp3) is 0.281. The van der Waals surface area contributed by atoms with E-state index in [1.54, 1.807) is 36.9 Å². The number of anilines is 2. The van der Waals surface area contributed by atoms with Crippen molar-refractivity contribution in [2.75, 3.05) is 36.4 Å². The van der Waals surface area contributed by atoms with E-state index in [4.69, 9.17) is 16.2 Å². The molecule has 2 aromatic carbocycles. The van der Waals surface area contributed by atoms with Gasteiger partial charge in [0.1, 0.15) is 29.6 Å². The molecule has 4 aromatic heterocycles. The molecule has 0 spiro atoms. The number of hydrogen-bond donors (Lipinski definition) is 2. The van der Waals surface area contributed by atoms with Gasteiger partial charge < -0.3 is 24.8 Å². The molecule has 7 rings (SSSR count). The fourth-order valence-corrected chi connectivity index (χ4v) is 6.23. The van der Waals surface area contributed by atoms with Crippen molar-refractivity contribution in [2.24, 2.45) is 0 Å². The normalized spacial score (nSPS) is 13.7. The van der Waals surface area contributed by atoms with Gasteiger partial charge >= 0.3 is 6.18 Å². The van der Waals surface area contributed by atoms with Crippen molar-refractivity contribution < 1.29 is 32.5 Å². The van der Waals surface area contributed by atoms with Crippen LogP contribution in [0.2, 0.25) is 5.02 Å². The number of nitrogens with zero attached hydrogens (tertiary/aromatic N) is 10. The first-order chi connectivity index (χ1) is 24.8. The number of aromatic hydroxyl groups is 1. The second-order valence-corrected chi connectivity index (χ2v) is 12.2. The van der Waals surface area contributed by atoms with Crippen molar-refractivity contribution >= 4 is 51.6 Å². The van der Waals surface area contributed by atoms with Gasteiger partial charge in [-0.3, -0.25) is 14.4 Å². The number of hydrogen-bond acceptors (Lipinski definition) is 12. The Balaban J connectivity index is 1.26. The highest BCUT2D eigenvalue weighted by Crippen LogP contribution is 2.34. The van der Waals surface area contributed by atoms with Gasteiger partial charge in [0, 0.05) is 31.7 Å². The van der Waals surface area contributed by atoms with E-state index in [0.29, 0.717) is 28.4 Å². The quantitative estimate of drug-likeness (QED) is 0.242. The van der Waals surface area contributed by atoms with Gasteiger partial charge in [0.2, 0.25) is 11.7 Å². The van der Waals surface area contributed by atoms with Gasteiger partial charge in [-0.05, 0) is 60.1 Å². The first-order valence-electron chi connectivity index (χ1n) is 15.8. The van der Waals surface area contributed by atoms with E-state index in [9.17, 15) is 32.7 Å². The highest BCUT2D eigenvalue weighted by molar-refractivity contribution is 6.33. The Morgan fingerprint density at radius 2 is 1.79 bits per heavy atom. The van der Waals surface area contributed by atoms with Crippen LogP contribution < -0.4 is 15.8 Å². The Hall–Kier alpha value is -6.11. The summed E-state index contributed by atoms with van der Waals surface area (Å²) in [5, 5.41) is 24.8. The molecule has 1 saturated heterocycles. The lowest BCUT2D eigenvalue weighted by Crippen LogP contribution is -2.51. The maximum atomic E-state index is 14.3. The fourth-order valence-electron chi connectivity index (χ4n) is 6.01. The second-order valence-electron chi connectivity index (χ2n) is 11.8. The number of aromatic nitrogens is 8. The number of rotatable bonds is 7. The number of aryl methyl sites for hydroxylation is 1. The molecule has 0 saturated carbocycles. The maximum Gasteiger partial charge on any atom is 0.416 e. The number of carbonyl (C=O) groups excluding carboxylic acids is 2. The number of piperazine rings is 1. The molecule has 5 heterocycles. The van der Waals surface area contributed by atoms with E-state index in [-0.39, 0.29) is 77.7 Å². The molecule has 0 aliphatic carbocycles. The van der Waals surface area contributed by atoms with Crippen LogP contribution >= 0.6 is 11.6 Å². The summed E-state index contributed by atoms with van der Waals surface area (Å²) in [6.45, 7) is 3.67. The first-order valence-corrected chi connectivity index (χ1v) is 16.2. The first kappa shape index (κ1) is 34.3. The highest BCUT2D eigenvalue weighted by Gasteiger charge is 2.32. The second kappa shape index (κ2) is 13.2. The molecule has 1 aliphatic heterocycles. The molecular weight excluding hydrogens is 711 g/mol. The predicted octanol–water partition coefficient (Wildman–Crippen LogP) is 3.73. The summed E-state index contributed by atoms with van der Waals surface area (Å²) < 4.78 is 47.0. The zero-order valence-electron chi connectivity index (χ0n) is 27.3. The van der Waals surface area contributed by atoms with Gasteiger partial charge in [0.05, 0.1) is 27.7 Å². The van der Waals surface area contributed by atoms with E-state index in [0.717, 1.165) is 16.6 Å². The number of amides is 2. The summed E-state index contributed by atoms with van der Waals surface area (Å²) >= 11 is 6.12. The number of carbonyl (C=O) groups is 2. The van der Waals surface area contributed by atoms with Crippen LogP contribution in [0.5, 0.6) is 5.75 Å². The topological polar surface area (TPSA) is 190 Å². The van der Waals surface area contributed by atoms with E-state index in [2.05, 4.69) is 35.7 Å². The van der Waals surface area contributed by atoms with E-state index in [1.807, 2.05) is 0 Å². The lowest BCUT2D eigenvalue weighted by atomic mass is 10.2. The summed E-state index contributed by atoms with van der Waals surface area (Å²) in [6, 6.07) is 7.52. The van der Waals surface area contributed by atoms with E-state index < -0.39 is 35.7 Å². The zero-order chi connectivity index (χ0) is 36.9. The predicted molar refractivity (Wildman–Crippen MR) is 179 cm³/mol. The van der Waals surface area contributed by atoms with Crippen LogP contribution in [0.1, 0.15) is 34.4 Å². The Kier molecular flexibility index (Phi) is 8.73. The molecule has 52 heavy (non-hydrogen) atoms. The summed E-state index contributed by atoms with van der Waals surface area (Å²) in [4.78, 5) is 56.8. The van der Waals surface area contributed by atoms with Crippen molar-refractivity contribution in [1.29, 1.82) is 0 Å². The summed E-state index contributed by atoms with van der Waals surface area (Å²) in [6.07, 6.45) is -3.18. The van der Waals surface area contributed by atoms with Crippen LogP contribution in [-0.4, -0.2) is 87.4 Å². The molecule has 0 radical (unpaired) electrons. The number of fused-ring (bicyclic) bond motifs is 2. The minimum Gasteiger partial charge on any atom is -0.504 e. The molecule has 268 valence electrons. The number of benzene rings is 2. The van der Waals surface area contributed by atoms with Gasteiger partial charge in [-0.1, -0.05) is 18.5 Å². The molecule has 20 heteroatoms. The summed E-state index contributed by atoms with van der Waals surface area (Å²) in [7, 11) is 0. The zero-order valence-corrected chi connectivity index (χ0v) is 28.1. The van der Waals surface area contributed by atoms with Crippen molar-refractivity contribution in [3.05, 3.63) is 80.7 Å². The molecule has 0 bridgehead atoms. The summed E-state index contributed by atoms with van der Waals surface area (Å²) in [5.74, 6) is -1.31. The van der Waals surface area contributed by atoms with Crippen LogP contribution in [-0.2, 0) is 23.9 Å². The Morgan fingerprint density at radius 3 is 2.50 bits per heavy atom. The Morgan fingerprint density at radius 1 is 1.04 bits per heavy atom. The van der Waals surface area contributed by atoms with Crippen LogP contribution in [0.4, 0.5) is 24.5 Å². The third-order valence-electron chi connectivity index (χ3n) is 8.64. The molecule has 0 unspecified atom stereocenters. The van der Waals surface area contributed by atoms with Crippen LogP contribution in [0.25, 0.3) is 28.2 Å². The van der Waals surface area contributed by atoms with Gasteiger partial charge in [-0.25, -0.2) is 14.6 Å². The number of alkyl halides is 3. The third-order valence-corrected chi connectivity index (χ3v) is 8.95. The average molecular weight is 738 g/mol. The van der Waals surface area contributed by atoms with E-state index in [1.165, 1.54) is 15.8 Å².